The molecule has 1 rings (SSSR count). The molecule has 0 aliphatic carbocycles. The number of H-pyrrole nitrogens is 1. The number of imidazole rings is 1. The van der Waals surface area contributed by atoms with Crippen molar-refractivity contribution in [2.24, 2.45) is 11.7 Å². The molecule has 1 aromatic heterocycles. The summed E-state index contributed by atoms with van der Waals surface area (Å²) in [6.07, 6.45) is 6.64. The van der Waals surface area contributed by atoms with Gasteiger partial charge in [0.25, 0.3) is 0 Å². The molecule has 0 spiro atoms. The standard InChI is InChI=1S/C12H23N3/c1-4-9(2)6-5-7-11(13)12-8-14-10(3)15-12/h8-9,11H,4-7,13H2,1-3H3,(H,14,15)/t9?,11-/m0/s1. The first-order chi connectivity index (χ1) is 7.13. The summed E-state index contributed by atoms with van der Waals surface area (Å²) in [5, 5.41) is 0. The van der Waals surface area contributed by atoms with Gasteiger partial charge in [-0.05, 0) is 19.3 Å². The molecule has 3 N–H and O–H groups in total. The van der Waals surface area contributed by atoms with Gasteiger partial charge >= 0.3 is 0 Å². The topological polar surface area (TPSA) is 54.7 Å². The fourth-order valence-electron chi connectivity index (χ4n) is 1.67. The monoisotopic (exact) mass is 209 g/mol. The van der Waals surface area contributed by atoms with Crippen molar-refractivity contribution in [3.05, 3.63) is 17.7 Å². The third-order valence-electron chi connectivity index (χ3n) is 3.03. The second-order valence-corrected chi connectivity index (χ2v) is 4.47. The van der Waals surface area contributed by atoms with E-state index in [1.54, 1.807) is 0 Å². The van der Waals surface area contributed by atoms with Crippen LogP contribution in [-0.4, -0.2) is 9.97 Å². The molecule has 0 amide bonds. The van der Waals surface area contributed by atoms with Gasteiger partial charge in [0, 0.05) is 12.2 Å². The largest absolute Gasteiger partial charge is 0.345 e. The SMILES string of the molecule is CCC(C)CCC[C@H](N)c1cnc(C)[nH]1. The summed E-state index contributed by atoms with van der Waals surface area (Å²) in [6, 6.07) is 0.121. The molecule has 1 unspecified atom stereocenters. The zero-order chi connectivity index (χ0) is 11.3. The highest BCUT2D eigenvalue weighted by atomic mass is 14.9. The van der Waals surface area contributed by atoms with Gasteiger partial charge in [-0.15, -0.1) is 0 Å². The van der Waals surface area contributed by atoms with Crippen molar-refractivity contribution < 1.29 is 0 Å². The van der Waals surface area contributed by atoms with Crippen molar-refractivity contribution in [2.45, 2.75) is 52.5 Å². The van der Waals surface area contributed by atoms with Crippen molar-refractivity contribution in [3.63, 3.8) is 0 Å². The van der Waals surface area contributed by atoms with Crippen LogP contribution in [0.4, 0.5) is 0 Å². The molecule has 0 fully saturated rings. The van der Waals surface area contributed by atoms with E-state index in [1.807, 2.05) is 13.1 Å². The Hall–Kier alpha value is -0.830. The first kappa shape index (κ1) is 12.2. The highest BCUT2D eigenvalue weighted by molar-refractivity contribution is 5.04. The number of aromatic amines is 1. The second-order valence-electron chi connectivity index (χ2n) is 4.47. The number of hydrogen-bond donors (Lipinski definition) is 2. The summed E-state index contributed by atoms with van der Waals surface area (Å²) in [6.45, 7) is 6.49. The van der Waals surface area contributed by atoms with Crippen LogP contribution in [0.3, 0.4) is 0 Å². The van der Waals surface area contributed by atoms with Gasteiger partial charge in [0.05, 0.1) is 5.69 Å². The number of nitrogens with two attached hydrogens (primary N) is 1. The summed E-state index contributed by atoms with van der Waals surface area (Å²) in [4.78, 5) is 7.35. The number of nitrogens with zero attached hydrogens (tertiary/aromatic N) is 1. The van der Waals surface area contributed by atoms with Crippen LogP contribution in [-0.2, 0) is 0 Å². The smallest absolute Gasteiger partial charge is 0.103 e. The fraction of sp³-hybridized carbons (Fsp3) is 0.750. The van der Waals surface area contributed by atoms with Gasteiger partial charge in [0.15, 0.2) is 0 Å². The molecular weight excluding hydrogens is 186 g/mol. The predicted molar refractivity (Wildman–Crippen MR) is 63.6 cm³/mol. The molecule has 0 aliphatic heterocycles. The van der Waals surface area contributed by atoms with Crippen LogP contribution in [0, 0.1) is 12.8 Å². The maximum absolute atomic E-state index is 6.06. The minimum atomic E-state index is 0.121. The minimum absolute atomic E-state index is 0.121. The first-order valence-electron chi connectivity index (χ1n) is 5.90. The lowest BCUT2D eigenvalue weighted by molar-refractivity contribution is 0.463. The van der Waals surface area contributed by atoms with E-state index in [9.17, 15) is 0 Å². The van der Waals surface area contributed by atoms with Crippen LogP contribution in [0.2, 0.25) is 0 Å². The molecule has 0 saturated heterocycles. The highest BCUT2D eigenvalue weighted by Gasteiger charge is 2.08. The Balaban J connectivity index is 2.27. The van der Waals surface area contributed by atoms with E-state index in [0.717, 1.165) is 23.9 Å². The van der Waals surface area contributed by atoms with Gasteiger partial charge in [-0.2, -0.15) is 0 Å². The van der Waals surface area contributed by atoms with E-state index in [2.05, 4.69) is 23.8 Å². The summed E-state index contributed by atoms with van der Waals surface area (Å²) >= 11 is 0. The third kappa shape index (κ3) is 4.04. The van der Waals surface area contributed by atoms with Gasteiger partial charge in [0.2, 0.25) is 0 Å². The second kappa shape index (κ2) is 5.91. The van der Waals surface area contributed by atoms with Gasteiger partial charge in [0.1, 0.15) is 5.82 Å². The predicted octanol–water partition coefficient (Wildman–Crippen LogP) is 2.93. The number of aromatic nitrogens is 2. The van der Waals surface area contributed by atoms with Crippen LogP contribution < -0.4 is 5.73 Å². The normalized spacial score (nSPS) is 15.2. The summed E-state index contributed by atoms with van der Waals surface area (Å²) in [5.74, 6) is 1.77. The Bertz CT molecular complexity index is 280. The average molecular weight is 209 g/mol. The molecule has 3 heteroatoms. The molecule has 3 nitrogen and oxygen atoms in total. The van der Waals surface area contributed by atoms with Crippen LogP contribution in [0.25, 0.3) is 0 Å². The lowest BCUT2D eigenvalue weighted by Gasteiger charge is -2.11. The van der Waals surface area contributed by atoms with E-state index in [-0.39, 0.29) is 6.04 Å². The molecule has 0 aromatic carbocycles. The molecule has 2 atom stereocenters. The van der Waals surface area contributed by atoms with Gasteiger partial charge in [-0.25, -0.2) is 4.98 Å². The molecule has 15 heavy (non-hydrogen) atoms. The Morgan fingerprint density at radius 3 is 2.73 bits per heavy atom. The van der Waals surface area contributed by atoms with E-state index < -0.39 is 0 Å². The highest BCUT2D eigenvalue weighted by Crippen LogP contribution is 2.18. The van der Waals surface area contributed by atoms with Gasteiger partial charge in [-0.1, -0.05) is 33.1 Å². The Morgan fingerprint density at radius 2 is 2.20 bits per heavy atom. The summed E-state index contributed by atoms with van der Waals surface area (Å²) in [7, 11) is 0. The number of hydrogen-bond acceptors (Lipinski definition) is 2. The molecule has 0 bridgehead atoms. The van der Waals surface area contributed by atoms with Crippen molar-refractivity contribution in [3.8, 4) is 0 Å². The van der Waals surface area contributed by atoms with Crippen molar-refractivity contribution >= 4 is 0 Å². The summed E-state index contributed by atoms with van der Waals surface area (Å²) < 4.78 is 0. The molecule has 1 heterocycles. The van der Waals surface area contributed by atoms with Crippen LogP contribution in [0.15, 0.2) is 6.20 Å². The zero-order valence-electron chi connectivity index (χ0n) is 10.1. The Kier molecular flexibility index (Phi) is 4.82. The molecule has 0 aliphatic rings. The van der Waals surface area contributed by atoms with Gasteiger partial charge in [-0.3, -0.25) is 0 Å². The van der Waals surface area contributed by atoms with Crippen LogP contribution in [0.1, 0.15) is 57.1 Å². The first-order valence-corrected chi connectivity index (χ1v) is 5.90. The average Bonchev–Trinajstić information content (AvgIpc) is 2.64. The van der Waals surface area contributed by atoms with E-state index >= 15 is 0 Å². The van der Waals surface area contributed by atoms with Crippen LogP contribution >= 0.6 is 0 Å². The minimum Gasteiger partial charge on any atom is -0.345 e. The quantitative estimate of drug-likeness (QED) is 0.757. The molecule has 1 aromatic rings. The van der Waals surface area contributed by atoms with Crippen molar-refractivity contribution in [1.82, 2.24) is 9.97 Å². The number of nitrogens with one attached hydrogen (secondary N) is 1. The lowest BCUT2D eigenvalue weighted by atomic mass is 9.99. The molecular formula is C12H23N3. The number of aryl methyl sites for hydroxylation is 1. The molecule has 0 radical (unpaired) electrons. The van der Waals surface area contributed by atoms with E-state index in [0.29, 0.717) is 0 Å². The zero-order valence-corrected chi connectivity index (χ0v) is 10.1. The maximum Gasteiger partial charge on any atom is 0.103 e. The molecule has 86 valence electrons. The Labute approximate surface area is 92.5 Å². The maximum atomic E-state index is 6.06. The molecule has 0 saturated carbocycles. The third-order valence-corrected chi connectivity index (χ3v) is 3.03. The van der Waals surface area contributed by atoms with E-state index in [4.69, 9.17) is 5.73 Å². The van der Waals surface area contributed by atoms with Crippen molar-refractivity contribution in [2.75, 3.05) is 0 Å². The van der Waals surface area contributed by atoms with Gasteiger partial charge < -0.3 is 10.7 Å². The fourth-order valence-corrected chi connectivity index (χ4v) is 1.67. The Morgan fingerprint density at radius 1 is 1.47 bits per heavy atom. The van der Waals surface area contributed by atoms with Crippen LogP contribution in [0.5, 0.6) is 0 Å². The van der Waals surface area contributed by atoms with Crippen molar-refractivity contribution in [1.29, 1.82) is 0 Å². The van der Waals surface area contributed by atoms with E-state index in [1.165, 1.54) is 19.3 Å². The summed E-state index contributed by atoms with van der Waals surface area (Å²) in [5.41, 5.74) is 7.13. The lowest BCUT2D eigenvalue weighted by Crippen LogP contribution is -2.11. The number of rotatable bonds is 6.